The summed E-state index contributed by atoms with van der Waals surface area (Å²) in [5.41, 5.74) is 1.40. The summed E-state index contributed by atoms with van der Waals surface area (Å²) < 4.78 is 25.1. The molecule has 0 bridgehead atoms. The number of benzene rings is 2. The van der Waals surface area contributed by atoms with Gasteiger partial charge in [-0.2, -0.15) is 0 Å². The predicted molar refractivity (Wildman–Crippen MR) is 116 cm³/mol. The van der Waals surface area contributed by atoms with Crippen molar-refractivity contribution in [2.24, 2.45) is 5.92 Å². The summed E-state index contributed by atoms with van der Waals surface area (Å²) in [5, 5.41) is 0. The van der Waals surface area contributed by atoms with Gasteiger partial charge in [-0.05, 0) is 18.2 Å². The van der Waals surface area contributed by atoms with E-state index in [1.165, 1.54) is 6.07 Å². The van der Waals surface area contributed by atoms with Gasteiger partial charge in [0.05, 0.1) is 5.92 Å². The minimum Gasteiger partial charge on any atom is -0.486 e. The number of piperazine rings is 1. The smallest absolute Gasteiger partial charge is 0.228 e. The van der Waals surface area contributed by atoms with Crippen LogP contribution < -0.4 is 14.4 Å². The Balaban J connectivity index is 1.18. The van der Waals surface area contributed by atoms with Crippen molar-refractivity contribution in [3.63, 3.8) is 0 Å². The highest BCUT2D eigenvalue weighted by Crippen LogP contribution is 2.36. The number of rotatable bonds is 4. The normalized spacial score (nSPS) is 21.2. The van der Waals surface area contributed by atoms with Gasteiger partial charge in [-0.3, -0.25) is 14.5 Å². The molecule has 0 spiro atoms. The minimum absolute atomic E-state index is 0.0175. The van der Waals surface area contributed by atoms with Gasteiger partial charge in [0.15, 0.2) is 11.5 Å². The van der Waals surface area contributed by atoms with Gasteiger partial charge in [-0.25, -0.2) is 4.39 Å². The maximum atomic E-state index is 13.9. The van der Waals surface area contributed by atoms with Gasteiger partial charge in [0.1, 0.15) is 19.0 Å². The van der Waals surface area contributed by atoms with Gasteiger partial charge < -0.3 is 19.3 Å². The summed E-state index contributed by atoms with van der Waals surface area (Å²) in [4.78, 5) is 31.4. The van der Waals surface area contributed by atoms with Crippen LogP contribution in [-0.4, -0.2) is 67.6 Å². The van der Waals surface area contributed by atoms with E-state index in [0.29, 0.717) is 69.5 Å². The minimum atomic E-state index is -0.353. The molecule has 0 unspecified atom stereocenters. The standard InChI is InChI=1S/C24H26FN3O4/c25-20-4-2-1-3-17(20)15-26-7-9-27(10-8-26)24(30)18-13-23(29)28(16-18)19-5-6-21-22(14-19)32-12-11-31-21/h1-6,14,18H,7-13,15-16H2/t18-/m1/s1. The van der Waals surface area contributed by atoms with E-state index in [0.717, 1.165) is 5.69 Å². The average molecular weight is 439 g/mol. The maximum absolute atomic E-state index is 13.9. The van der Waals surface area contributed by atoms with E-state index in [9.17, 15) is 14.0 Å². The van der Waals surface area contributed by atoms with Crippen molar-refractivity contribution < 1.29 is 23.5 Å². The van der Waals surface area contributed by atoms with Gasteiger partial charge in [0, 0.05) is 63.0 Å². The van der Waals surface area contributed by atoms with Crippen LogP contribution in [0.25, 0.3) is 0 Å². The number of nitrogens with zero attached hydrogens (tertiary/aromatic N) is 3. The molecule has 2 amide bonds. The molecule has 168 valence electrons. The quantitative estimate of drug-likeness (QED) is 0.732. The zero-order valence-corrected chi connectivity index (χ0v) is 17.8. The second kappa shape index (κ2) is 8.78. The number of halogens is 1. The monoisotopic (exact) mass is 439 g/mol. The molecule has 7 nitrogen and oxygen atoms in total. The molecule has 0 aromatic heterocycles. The molecule has 3 heterocycles. The lowest BCUT2D eigenvalue weighted by Crippen LogP contribution is -2.50. The third kappa shape index (κ3) is 4.14. The van der Waals surface area contributed by atoms with Crippen LogP contribution in [0.3, 0.4) is 0 Å². The number of carbonyl (C=O) groups excluding carboxylic acids is 2. The Kier molecular flexibility index (Phi) is 5.70. The Morgan fingerprint density at radius 2 is 1.75 bits per heavy atom. The number of carbonyl (C=O) groups is 2. The molecule has 32 heavy (non-hydrogen) atoms. The molecule has 3 aliphatic heterocycles. The number of amides is 2. The van der Waals surface area contributed by atoms with Crippen molar-refractivity contribution in [2.75, 3.05) is 50.8 Å². The van der Waals surface area contributed by atoms with Crippen LogP contribution in [-0.2, 0) is 16.1 Å². The van der Waals surface area contributed by atoms with Crippen LogP contribution in [0.1, 0.15) is 12.0 Å². The first-order valence-corrected chi connectivity index (χ1v) is 11.0. The summed E-state index contributed by atoms with van der Waals surface area (Å²) in [6.45, 7) is 4.44. The molecule has 0 aliphatic carbocycles. The molecule has 5 rings (SSSR count). The highest BCUT2D eigenvalue weighted by Gasteiger charge is 2.38. The van der Waals surface area contributed by atoms with Crippen molar-refractivity contribution in [3.8, 4) is 11.5 Å². The summed E-state index contributed by atoms with van der Waals surface area (Å²) in [6, 6.07) is 12.2. The number of ether oxygens (including phenoxy) is 2. The summed E-state index contributed by atoms with van der Waals surface area (Å²) in [5.74, 6) is 0.709. The number of hydrogen-bond donors (Lipinski definition) is 0. The van der Waals surface area contributed by atoms with Crippen molar-refractivity contribution in [1.82, 2.24) is 9.80 Å². The molecule has 2 aromatic carbocycles. The Hall–Kier alpha value is -3.13. The van der Waals surface area contributed by atoms with Crippen molar-refractivity contribution in [3.05, 3.63) is 53.8 Å². The number of anilines is 1. The molecule has 8 heteroatoms. The third-order valence-corrected chi connectivity index (χ3v) is 6.35. The van der Waals surface area contributed by atoms with E-state index in [2.05, 4.69) is 4.90 Å². The summed E-state index contributed by atoms with van der Waals surface area (Å²) >= 11 is 0. The summed E-state index contributed by atoms with van der Waals surface area (Å²) in [6.07, 6.45) is 0.211. The molecular weight excluding hydrogens is 413 g/mol. The first-order chi connectivity index (χ1) is 15.6. The zero-order valence-electron chi connectivity index (χ0n) is 17.8. The van der Waals surface area contributed by atoms with E-state index < -0.39 is 0 Å². The fourth-order valence-electron chi connectivity index (χ4n) is 4.57. The lowest BCUT2D eigenvalue weighted by Gasteiger charge is -2.36. The predicted octanol–water partition coefficient (Wildman–Crippen LogP) is 2.29. The van der Waals surface area contributed by atoms with Gasteiger partial charge >= 0.3 is 0 Å². The zero-order chi connectivity index (χ0) is 22.1. The topological polar surface area (TPSA) is 62.3 Å². The van der Waals surface area contributed by atoms with Crippen molar-refractivity contribution in [1.29, 1.82) is 0 Å². The van der Waals surface area contributed by atoms with Crippen molar-refractivity contribution >= 4 is 17.5 Å². The highest BCUT2D eigenvalue weighted by atomic mass is 19.1. The van der Waals surface area contributed by atoms with Gasteiger partial charge in [0.2, 0.25) is 11.8 Å². The van der Waals surface area contributed by atoms with Crippen LogP contribution in [0.4, 0.5) is 10.1 Å². The van der Waals surface area contributed by atoms with Gasteiger partial charge in [-0.15, -0.1) is 0 Å². The first-order valence-electron chi connectivity index (χ1n) is 11.0. The number of hydrogen-bond acceptors (Lipinski definition) is 5. The molecule has 2 fully saturated rings. The first kappa shape index (κ1) is 20.8. The second-order valence-corrected chi connectivity index (χ2v) is 8.43. The largest absolute Gasteiger partial charge is 0.486 e. The number of fused-ring (bicyclic) bond motifs is 1. The average Bonchev–Trinajstić information content (AvgIpc) is 3.22. The molecule has 1 atom stereocenters. The Morgan fingerprint density at radius 1 is 1.00 bits per heavy atom. The van der Waals surface area contributed by atoms with E-state index in [1.54, 1.807) is 29.2 Å². The Labute approximate surface area is 186 Å². The van der Waals surface area contributed by atoms with Crippen molar-refractivity contribution in [2.45, 2.75) is 13.0 Å². The third-order valence-electron chi connectivity index (χ3n) is 6.35. The molecule has 0 radical (unpaired) electrons. The van der Waals surface area contributed by atoms with Gasteiger partial charge in [0.25, 0.3) is 0 Å². The summed E-state index contributed by atoms with van der Waals surface area (Å²) in [7, 11) is 0. The van der Waals surface area contributed by atoms with Crippen LogP contribution >= 0.6 is 0 Å². The van der Waals surface area contributed by atoms with E-state index >= 15 is 0 Å². The Bertz CT molecular complexity index is 1020. The fraction of sp³-hybridized carbons (Fsp3) is 0.417. The second-order valence-electron chi connectivity index (χ2n) is 8.43. The van der Waals surface area contributed by atoms with E-state index in [-0.39, 0.29) is 30.0 Å². The molecular formula is C24H26FN3O4. The molecule has 0 N–H and O–H groups in total. The van der Waals surface area contributed by atoms with Gasteiger partial charge in [-0.1, -0.05) is 18.2 Å². The molecule has 3 aliphatic rings. The van der Waals surface area contributed by atoms with Crippen LogP contribution in [0.15, 0.2) is 42.5 Å². The van der Waals surface area contributed by atoms with E-state index in [4.69, 9.17) is 9.47 Å². The Morgan fingerprint density at radius 3 is 2.53 bits per heavy atom. The molecule has 2 aromatic rings. The fourth-order valence-corrected chi connectivity index (χ4v) is 4.57. The van der Waals surface area contributed by atoms with Crippen LogP contribution in [0.5, 0.6) is 11.5 Å². The highest BCUT2D eigenvalue weighted by molar-refractivity contribution is 6.00. The van der Waals surface area contributed by atoms with Crippen LogP contribution in [0.2, 0.25) is 0 Å². The van der Waals surface area contributed by atoms with E-state index in [1.807, 2.05) is 17.0 Å². The lowest BCUT2D eigenvalue weighted by molar-refractivity contribution is -0.137. The lowest BCUT2D eigenvalue weighted by atomic mass is 10.1. The maximum Gasteiger partial charge on any atom is 0.228 e. The van der Waals surface area contributed by atoms with Crippen LogP contribution in [0, 0.1) is 11.7 Å². The molecule has 0 saturated carbocycles. The SMILES string of the molecule is O=C([C@@H]1CC(=O)N(c2ccc3c(c2)OCCO3)C1)N1CCN(Cc2ccccc2F)CC1. The molecule has 2 saturated heterocycles.